The molecule has 1 fully saturated rings. The molecule has 0 saturated carbocycles. The predicted molar refractivity (Wildman–Crippen MR) is 104 cm³/mol. The zero-order valence-corrected chi connectivity index (χ0v) is 16.0. The van der Waals surface area contributed by atoms with Gasteiger partial charge in [0.15, 0.2) is 0 Å². The molecule has 1 aliphatic heterocycles. The minimum Gasteiger partial charge on any atom is -0.507 e. The molecule has 1 unspecified atom stereocenters. The molecule has 2 aromatic carbocycles. The summed E-state index contributed by atoms with van der Waals surface area (Å²) in [5.74, 6) is -1.70. The number of likely N-dealkylation sites (tertiary alicyclic amines) is 1. The monoisotopic (exact) mass is 405 g/mol. The van der Waals surface area contributed by atoms with Crippen LogP contribution in [0.3, 0.4) is 0 Å². The number of methoxy groups -OCH3 is 1. The first kappa shape index (κ1) is 19.4. The Morgan fingerprint density at radius 2 is 1.81 bits per heavy atom. The number of halogens is 2. The van der Waals surface area contributed by atoms with Gasteiger partial charge in [0.05, 0.1) is 18.2 Å². The molecule has 27 heavy (non-hydrogen) atoms. The van der Waals surface area contributed by atoms with E-state index in [0.29, 0.717) is 21.2 Å². The fourth-order valence-corrected chi connectivity index (χ4v) is 3.40. The Morgan fingerprint density at radius 1 is 1.11 bits per heavy atom. The third kappa shape index (κ3) is 3.86. The molecular formula is C20H17Cl2NO4. The van der Waals surface area contributed by atoms with Crippen LogP contribution in [0, 0.1) is 0 Å². The SMILES string of the molecule is COCCN1C(=O)C(=O)/C(=C(\O)c2cccc(Cl)c2)C1c1ccc(Cl)cc1. The van der Waals surface area contributed by atoms with Gasteiger partial charge in [-0.05, 0) is 29.8 Å². The van der Waals surface area contributed by atoms with Crippen molar-refractivity contribution in [1.82, 2.24) is 4.90 Å². The second kappa shape index (κ2) is 8.13. The van der Waals surface area contributed by atoms with Gasteiger partial charge in [-0.1, -0.05) is 47.5 Å². The molecule has 2 aromatic rings. The normalized spacial score (nSPS) is 18.9. The largest absolute Gasteiger partial charge is 0.507 e. The second-order valence-corrected chi connectivity index (χ2v) is 6.92. The number of amides is 1. The van der Waals surface area contributed by atoms with E-state index in [1.54, 1.807) is 48.5 Å². The van der Waals surface area contributed by atoms with E-state index in [2.05, 4.69) is 0 Å². The summed E-state index contributed by atoms with van der Waals surface area (Å²) < 4.78 is 5.06. The number of aliphatic hydroxyl groups is 1. The Morgan fingerprint density at radius 3 is 2.44 bits per heavy atom. The van der Waals surface area contributed by atoms with E-state index in [9.17, 15) is 14.7 Å². The van der Waals surface area contributed by atoms with Gasteiger partial charge in [-0.15, -0.1) is 0 Å². The molecule has 1 saturated heterocycles. The summed E-state index contributed by atoms with van der Waals surface area (Å²) >= 11 is 12.0. The van der Waals surface area contributed by atoms with Gasteiger partial charge in [0.1, 0.15) is 5.76 Å². The van der Waals surface area contributed by atoms with Crippen molar-refractivity contribution in [2.24, 2.45) is 0 Å². The standard InChI is InChI=1S/C20H17Cl2NO4/c1-27-10-9-23-17(12-5-7-14(21)8-6-12)16(19(25)20(23)26)18(24)13-3-2-4-15(22)11-13/h2-8,11,17,24H,9-10H2,1H3/b18-16-. The number of ketones is 1. The highest BCUT2D eigenvalue weighted by Gasteiger charge is 2.45. The van der Waals surface area contributed by atoms with Crippen LogP contribution in [0.5, 0.6) is 0 Å². The lowest BCUT2D eigenvalue weighted by atomic mass is 9.95. The number of rotatable bonds is 5. The number of Topliss-reactive ketones (excluding diaryl/α,β-unsaturated/α-hetero) is 1. The number of carbonyl (C=O) groups excluding carboxylic acids is 2. The Hall–Kier alpha value is -2.34. The van der Waals surface area contributed by atoms with Crippen molar-refractivity contribution >= 4 is 40.7 Å². The average molecular weight is 406 g/mol. The van der Waals surface area contributed by atoms with Gasteiger partial charge in [0.2, 0.25) is 0 Å². The maximum absolute atomic E-state index is 12.7. The van der Waals surface area contributed by atoms with Crippen LogP contribution in [0.2, 0.25) is 10.0 Å². The first-order valence-electron chi connectivity index (χ1n) is 8.22. The summed E-state index contributed by atoms with van der Waals surface area (Å²) in [6.07, 6.45) is 0. The van der Waals surface area contributed by atoms with E-state index in [1.165, 1.54) is 12.0 Å². The molecule has 1 heterocycles. The van der Waals surface area contributed by atoms with Crippen LogP contribution in [0.1, 0.15) is 17.2 Å². The van der Waals surface area contributed by atoms with Gasteiger partial charge in [0, 0.05) is 29.3 Å². The van der Waals surface area contributed by atoms with Crippen molar-refractivity contribution in [2.45, 2.75) is 6.04 Å². The van der Waals surface area contributed by atoms with E-state index in [-0.39, 0.29) is 24.5 Å². The van der Waals surface area contributed by atoms with Crippen LogP contribution in [-0.4, -0.2) is 42.0 Å². The smallest absolute Gasteiger partial charge is 0.295 e. The van der Waals surface area contributed by atoms with Crippen LogP contribution in [-0.2, 0) is 14.3 Å². The van der Waals surface area contributed by atoms with Crippen LogP contribution in [0.25, 0.3) is 5.76 Å². The molecule has 1 amide bonds. The zero-order chi connectivity index (χ0) is 19.6. The lowest BCUT2D eigenvalue weighted by Crippen LogP contribution is -2.32. The average Bonchev–Trinajstić information content (AvgIpc) is 2.91. The molecule has 0 aliphatic carbocycles. The van der Waals surface area contributed by atoms with E-state index in [4.69, 9.17) is 27.9 Å². The Kier molecular flexibility index (Phi) is 5.85. The topological polar surface area (TPSA) is 66.8 Å². The molecule has 1 atom stereocenters. The molecule has 1 aliphatic rings. The van der Waals surface area contributed by atoms with Crippen LogP contribution in [0.15, 0.2) is 54.1 Å². The van der Waals surface area contributed by atoms with Gasteiger partial charge in [-0.3, -0.25) is 9.59 Å². The van der Waals surface area contributed by atoms with Gasteiger partial charge in [0.25, 0.3) is 11.7 Å². The van der Waals surface area contributed by atoms with Gasteiger partial charge >= 0.3 is 0 Å². The Labute approximate surface area is 166 Å². The number of aliphatic hydroxyl groups excluding tert-OH is 1. The van der Waals surface area contributed by atoms with Crippen molar-refractivity contribution in [2.75, 3.05) is 20.3 Å². The highest BCUT2D eigenvalue weighted by molar-refractivity contribution is 6.46. The number of ether oxygens (including phenoxy) is 1. The van der Waals surface area contributed by atoms with Crippen molar-refractivity contribution < 1.29 is 19.4 Å². The van der Waals surface area contributed by atoms with E-state index in [0.717, 1.165) is 0 Å². The fourth-order valence-electron chi connectivity index (χ4n) is 3.08. The summed E-state index contributed by atoms with van der Waals surface area (Å²) in [5, 5.41) is 11.8. The number of benzene rings is 2. The number of carbonyl (C=O) groups is 2. The molecule has 5 nitrogen and oxygen atoms in total. The van der Waals surface area contributed by atoms with Crippen molar-refractivity contribution in [3.8, 4) is 0 Å². The summed E-state index contributed by atoms with van der Waals surface area (Å²) in [7, 11) is 1.51. The first-order valence-corrected chi connectivity index (χ1v) is 8.98. The molecular weight excluding hydrogens is 389 g/mol. The Balaban J connectivity index is 2.16. The summed E-state index contributed by atoms with van der Waals surface area (Å²) in [6, 6.07) is 12.5. The zero-order valence-electron chi connectivity index (χ0n) is 14.5. The van der Waals surface area contributed by atoms with Gasteiger partial charge in [-0.2, -0.15) is 0 Å². The minimum atomic E-state index is -0.747. The Bertz CT molecular complexity index is 908. The molecule has 3 rings (SSSR count). The van der Waals surface area contributed by atoms with Crippen LogP contribution < -0.4 is 0 Å². The first-order chi connectivity index (χ1) is 12.9. The number of hydrogen-bond acceptors (Lipinski definition) is 4. The lowest BCUT2D eigenvalue weighted by Gasteiger charge is -2.25. The number of hydrogen-bond donors (Lipinski definition) is 1. The molecule has 0 spiro atoms. The van der Waals surface area contributed by atoms with Crippen LogP contribution >= 0.6 is 23.2 Å². The number of nitrogens with zero attached hydrogens (tertiary/aromatic N) is 1. The van der Waals surface area contributed by atoms with Crippen LogP contribution in [0.4, 0.5) is 0 Å². The van der Waals surface area contributed by atoms with Crippen molar-refractivity contribution in [1.29, 1.82) is 0 Å². The summed E-state index contributed by atoms with van der Waals surface area (Å²) in [6.45, 7) is 0.467. The van der Waals surface area contributed by atoms with Crippen molar-refractivity contribution in [3.63, 3.8) is 0 Å². The fraction of sp³-hybridized carbons (Fsp3) is 0.200. The molecule has 0 aromatic heterocycles. The van der Waals surface area contributed by atoms with Gasteiger partial charge in [-0.25, -0.2) is 0 Å². The highest BCUT2D eigenvalue weighted by Crippen LogP contribution is 2.39. The van der Waals surface area contributed by atoms with E-state index >= 15 is 0 Å². The predicted octanol–water partition coefficient (Wildman–Crippen LogP) is 4.06. The molecule has 140 valence electrons. The maximum atomic E-state index is 12.7. The summed E-state index contributed by atoms with van der Waals surface area (Å²) in [5.41, 5.74) is 1.05. The minimum absolute atomic E-state index is 0.0145. The molecule has 0 radical (unpaired) electrons. The molecule has 7 heteroatoms. The molecule has 1 N–H and O–H groups in total. The lowest BCUT2D eigenvalue weighted by molar-refractivity contribution is -0.140. The van der Waals surface area contributed by atoms with Gasteiger partial charge < -0.3 is 14.7 Å². The highest BCUT2D eigenvalue weighted by atomic mass is 35.5. The molecule has 0 bridgehead atoms. The maximum Gasteiger partial charge on any atom is 0.295 e. The quantitative estimate of drug-likeness (QED) is 0.462. The third-order valence-electron chi connectivity index (χ3n) is 4.36. The van der Waals surface area contributed by atoms with Crippen molar-refractivity contribution in [3.05, 3.63) is 75.3 Å². The second-order valence-electron chi connectivity index (χ2n) is 6.05. The van der Waals surface area contributed by atoms with E-state index in [1.807, 2.05) is 0 Å². The van der Waals surface area contributed by atoms with E-state index < -0.39 is 17.7 Å². The third-order valence-corrected chi connectivity index (χ3v) is 4.85. The summed E-state index contributed by atoms with van der Waals surface area (Å²) in [4.78, 5) is 26.7.